The van der Waals surface area contributed by atoms with E-state index in [1.54, 1.807) is 11.0 Å². The van der Waals surface area contributed by atoms with E-state index in [-0.39, 0.29) is 11.5 Å². The van der Waals surface area contributed by atoms with Gasteiger partial charge in [0.15, 0.2) is 0 Å². The second kappa shape index (κ2) is 6.24. The third-order valence-corrected chi connectivity index (χ3v) is 7.09. The largest absolute Gasteiger partial charge is 0.493 e. The summed E-state index contributed by atoms with van der Waals surface area (Å²) >= 11 is 0. The van der Waals surface area contributed by atoms with Gasteiger partial charge in [-0.25, -0.2) is 4.39 Å². The molecule has 4 heteroatoms. The molecule has 3 saturated carbocycles. The van der Waals surface area contributed by atoms with Crippen molar-refractivity contribution in [1.82, 2.24) is 4.90 Å². The van der Waals surface area contributed by atoms with Gasteiger partial charge in [0.05, 0.1) is 12.2 Å². The number of halogens is 1. The van der Waals surface area contributed by atoms with Gasteiger partial charge in [-0.05, 0) is 68.4 Å². The van der Waals surface area contributed by atoms with Gasteiger partial charge in [-0.2, -0.15) is 0 Å². The topological polar surface area (TPSA) is 29.5 Å². The van der Waals surface area contributed by atoms with Crippen LogP contribution >= 0.6 is 0 Å². The third kappa shape index (κ3) is 2.91. The summed E-state index contributed by atoms with van der Waals surface area (Å²) in [4.78, 5) is 14.5. The molecule has 2 atom stereocenters. The standard InChI is InChI=1S/C22H28FNO2/c23-19-12-20(26-14-22-8-2-1-5-16(22)13-22)17(15-6-7-15)11-18(19)21(25)24-9-3-4-10-24/h11-12,15-16H,1-10,13-14H2. The van der Waals surface area contributed by atoms with Gasteiger partial charge < -0.3 is 9.64 Å². The Morgan fingerprint density at radius 1 is 1.15 bits per heavy atom. The molecule has 0 N–H and O–H groups in total. The number of fused-ring (bicyclic) bond motifs is 1. The van der Waals surface area contributed by atoms with Crippen LogP contribution < -0.4 is 4.74 Å². The molecule has 3 aliphatic carbocycles. The van der Waals surface area contributed by atoms with Crippen LogP contribution in [0.25, 0.3) is 0 Å². The van der Waals surface area contributed by atoms with Crippen LogP contribution in [0.1, 0.15) is 79.6 Å². The Labute approximate surface area is 154 Å². The molecule has 140 valence electrons. The smallest absolute Gasteiger partial charge is 0.256 e. The molecule has 0 bridgehead atoms. The summed E-state index contributed by atoms with van der Waals surface area (Å²) < 4.78 is 21.0. The highest BCUT2D eigenvalue weighted by molar-refractivity contribution is 5.95. The molecule has 1 heterocycles. The molecule has 1 amide bonds. The lowest BCUT2D eigenvalue weighted by atomic mass is 9.89. The SMILES string of the molecule is O=C(c1cc(C2CC2)c(OCC23CCCCC2C3)cc1F)N1CCCC1. The number of ether oxygens (including phenoxy) is 1. The molecule has 0 spiro atoms. The van der Waals surface area contributed by atoms with Crippen LogP contribution in [0.5, 0.6) is 5.75 Å². The summed E-state index contributed by atoms with van der Waals surface area (Å²) in [6.45, 7) is 2.22. The molecule has 2 unspecified atom stereocenters. The molecular formula is C22H28FNO2. The zero-order valence-electron chi connectivity index (χ0n) is 15.4. The number of hydrogen-bond donors (Lipinski definition) is 0. The Balaban J connectivity index is 1.37. The summed E-state index contributed by atoms with van der Waals surface area (Å²) in [5.41, 5.74) is 1.65. The molecule has 0 aromatic heterocycles. The normalized spacial score (nSPS) is 30.2. The highest BCUT2D eigenvalue weighted by Crippen LogP contribution is 2.61. The maximum atomic E-state index is 14.8. The van der Waals surface area contributed by atoms with E-state index in [2.05, 4.69) is 0 Å². The van der Waals surface area contributed by atoms with Crippen LogP contribution in [-0.2, 0) is 0 Å². The van der Waals surface area contributed by atoms with E-state index in [9.17, 15) is 9.18 Å². The molecule has 4 aliphatic rings. The molecule has 1 aromatic rings. The Bertz CT molecular complexity index is 723. The van der Waals surface area contributed by atoms with Gasteiger partial charge in [0.1, 0.15) is 11.6 Å². The lowest BCUT2D eigenvalue weighted by Gasteiger charge is -2.23. The van der Waals surface area contributed by atoms with Crippen molar-refractivity contribution in [1.29, 1.82) is 0 Å². The first-order valence-corrected chi connectivity index (χ1v) is 10.4. The summed E-state index contributed by atoms with van der Waals surface area (Å²) in [6, 6.07) is 3.29. The van der Waals surface area contributed by atoms with Crippen LogP contribution in [0, 0.1) is 17.2 Å². The van der Waals surface area contributed by atoms with Gasteiger partial charge in [-0.15, -0.1) is 0 Å². The van der Waals surface area contributed by atoms with E-state index in [4.69, 9.17) is 4.74 Å². The van der Waals surface area contributed by atoms with E-state index >= 15 is 0 Å². The number of amides is 1. The Kier molecular flexibility index (Phi) is 3.98. The molecule has 1 aliphatic heterocycles. The number of rotatable bonds is 5. The molecule has 4 fully saturated rings. The first-order valence-electron chi connectivity index (χ1n) is 10.4. The van der Waals surface area contributed by atoms with Crippen LogP contribution in [0.15, 0.2) is 12.1 Å². The first kappa shape index (κ1) is 16.6. The first-order chi connectivity index (χ1) is 12.7. The minimum atomic E-state index is -0.421. The highest BCUT2D eigenvalue weighted by Gasteiger charge is 2.55. The van der Waals surface area contributed by atoms with Gasteiger partial charge in [0.2, 0.25) is 0 Å². The predicted octanol–water partition coefficient (Wildman–Crippen LogP) is 4.90. The summed E-state index contributed by atoms with van der Waals surface area (Å²) in [5, 5.41) is 0. The van der Waals surface area contributed by atoms with Gasteiger partial charge in [0.25, 0.3) is 5.91 Å². The lowest BCUT2D eigenvalue weighted by molar-refractivity contribution is 0.0788. The molecular weight excluding hydrogens is 329 g/mol. The molecule has 1 saturated heterocycles. The van der Waals surface area contributed by atoms with Crippen molar-refractivity contribution >= 4 is 5.91 Å². The number of carbonyl (C=O) groups excluding carboxylic acids is 1. The van der Waals surface area contributed by atoms with E-state index in [0.29, 0.717) is 17.1 Å². The average molecular weight is 357 g/mol. The van der Waals surface area contributed by atoms with Crippen molar-refractivity contribution < 1.29 is 13.9 Å². The quantitative estimate of drug-likeness (QED) is 0.750. The zero-order chi connectivity index (χ0) is 17.7. The second-order valence-corrected chi connectivity index (χ2v) is 8.94. The summed E-state index contributed by atoms with van der Waals surface area (Å²) in [7, 11) is 0. The molecule has 3 nitrogen and oxygen atoms in total. The minimum Gasteiger partial charge on any atom is -0.493 e. The van der Waals surface area contributed by atoms with E-state index in [1.807, 2.05) is 0 Å². The highest BCUT2D eigenvalue weighted by atomic mass is 19.1. The van der Waals surface area contributed by atoms with Gasteiger partial charge in [-0.1, -0.05) is 12.8 Å². The van der Waals surface area contributed by atoms with Crippen molar-refractivity contribution in [3.05, 3.63) is 29.1 Å². The van der Waals surface area contributed by atoms with Crippen molar-refractivity contribution in [3.8, 4) is 5.75 Å². The maximum Gasteiger partial charge on any atom is 0.256 e. The second-order valence-electron chi connectivity index (χ2n) is 8.94. The monoisotopic (exact) mass is 357 g/mol. The van der Waals surface area contributed by atoms with E-state index in [1.165, 1.54) is 38.2 Å². The molecule has 1 aromatic carbocycles. The van der Waals surface area contributed by atoms with Crippen molar-refractivity contribution in [2.24, 2.45) is 11.3 Å². The zero-order valence-corrected chi connectivity index (χ0v) is 15.4. The third-order valence-electron chi connectivity index (χ3n) is 7.09. The van der Waals surface area contributed by atoms with Gasteiger partial charge in [0, 0.05) is 24.6 Å². The Morgan fingerprint density at radius 3 is 2.69 bits per heavy atom. The summed E-state index contributed by atoms with van der Waals surface area (Å²) in [6.07, 6.45) is 10.8. The Hall–Kier alpha value is -1.58. The number of carbonyl (C=O) groups is 1. The van der Waals surface area contributed by atoms with E-state index < -0.39 is 5.82 Å². The number of hydrogen-bond acceptors (Lipinski definition) is 2. The predicted molar refractivity (Wildman–Crippen MR) is 98.0 cm³/mol. The van der Waals surface area contributed by atoms with Gasteiger partial charge in [-0.3, -0.25) is 4.79 Å². The fourth-order valence-electron chi connectivity index (χ4n) is 5.15. The fraction of sp³-hybridized carbons (Fsp3) is 0.682. The summed E-state index contributed by atoms with van der Waals surface area (Å²) in [5.74, 6) is 1.38. The van der Waals surface area contributed by atoms with Crippen LogP contribution in [0.3, 0.4) is 0 Å². The molecule has 26 heavy (non-hydrogen) atoms. The number of likely N-dealkylation sites (tertiary alicyclic amines) is 1. The maximum absolute atomic E-state index is 14.8. The average Bonchev–Trinajstić information content (AvgIpc) is 3.55. The molecule has 5 rings (SSSR count). The van der Waals surface area contributed by atoms with Crippen molar-refractivity contribution in [3.63, 3.8) is 0 Å². The number of nitrogens with zero attached hydrogens (tertiary/aromatic N) is 1. The van der Waals surface area contributed by atoms with Crippen molar-refractivity contribution in [2.45, 2.75) is 63.7 Å². The molecule has 0 radical (unpaired) electrons. The van der Waals surface area contributed by atoms with Crippen LogP contribution in [-0.4, -0.2) is 30.5 Å². The Morgan fingerprint density at radius 2 is 1.96 bits per heavy atom. The van der Waals surface area contributed by atoms with Crippen LogP contribution in [0.2, 0.25) is 0 Å². The van der Waals surface area contributed by atoms with E-state index in [0.717, 1.165) is 56.9 Å². The van der Waals surface area contributed by atoms with Crippen molar-refractivity contribution in [2.75, 3.05) is 19.7 Å². The minimum absolute atomic E-state index is 0.151. The fourth-order valence-corrected chi connectivity index (χ4v) is 5.15. The van der Waals surface area contributed by atoms with Gasteiger partial charge >= 0.3 is 0 Å². The van der Waals surface area contributed by atoms with Crippen LogP contribution in [0.4, 0.5) is 4.39 Å². The lowest BCUT2D eigenvalue weighted by Crippen LogP contribution is -2.28. The number of benzene rings is 1.